The molecule has 1 heterocycles. The van der Waals surface area contributed by atoms with E-state index in [-0.39, 0.29) is 11.7 Å². The van der Waals surface area contributed by atoms with Crippen molar-refractivity contribution in [2.24, 2.45) is 0 Å². The molecular weight excluding hydrogens is 382 g/mol. The first-order chi connectivity index (χ1) is 13.3. The maximum absolute atomic E-state index is 12.2. The number of ether oxygens (including phenoxy) is 1. The minimum Gasteiger partial charge on any atom is -0.452 e. The molecule has 8 nitrogen and oxygen atoms in total. The van der Waals surface area contributed by atoms with Crippen molar-refractivity contribution in [2.75, 3.05) is 16.4 Å². The number of carbonyl (C=O) groups is 3. The molecule has 150 valence electrons. The predicted molar refractivity (Wildman–Crippen MR) is 107 cm³/mol. The van der Waals surface area contributed by atoms with Gasteiger partial charge >= 0.3 is 5.97 Å². The van der Waals surface area contributed by atoms with E-state index in [1.807, 2.05) is 25.1 Å². The highest BCUT2D eigenvalue weighted by atomic mass is 32.2. The Morgan fingerprint density at radius 1 is 1.14 bits per heavy atom. The van der Waals surface area contributed by atoms with E-state index in [1.165, 1.54) is 6.92 Å². The Kier molecular flexibility index (Phi) is 7.62. The Morgan fingerprint density at radius 3 is 2.50 bits per heavy atom. The van der Waals surface area contributed by atoms with Gasteiger partial charge in [0.15, 0.2) is 11.9 Å². The number of esters is 1. The van der Waals surface area contributed by atoms with Crippen LogP contribution in [0.3, 0.4) is 0 Å². The molecule has 1 aromatic carbocycles. The van der Waals surface area contributed by atoms with Gasteiger partial charge in [-0.25, -0.2) is 0 Å². The van der Waals surface area contributed by atoms with E-state index in [2.05, 4.69) is 15.8 Å². The van der Waals surface area contributed by atoms with Crippen LogP contribution in [0.25, 0.3) is 0 Å². The van der Waals surface area contributed by atoms with Crippen LogP contribution < -0.4 is 10.6 Å². The van der Waals surface area contributed by atoms with E-state index in [9.17, 15) is 14.4 Å². The number of hydrogen-bond acceptors (Lipinski definition) is 7. The van der Waals surface area contributed by atoms with Gasteiger partial charge in [-0.3, -0.25) is 14.4 Å². The number of aryl methyl sites for hydroxylation is 2. The quantitative estimate of drug-likeness (QED) is 0.650. The van der Waals surface area contributed by atoms with E-state index < -0.39 is 23.2 Å². The highest BCUT2D eigenvalue weighted by Crippen LogP contribution is 2.16. The van der Waals surface area contributed by atoms with Crippen LogP contribution in [-0.4, -0.2) is 40.0 Å². The standard InChI is InChI=1S/C19H23N3O5S/c1-11-7-5-6-8-15(11)20-18(24)13(3)26-17(23)10-28-14(4)19(25)21-16-9-12(2)27-22-16/h5-9,13-14H,10H2,1-4H3,(H,20,24)(H,21,22,25)/t13-,14-/m1/s1. The third-order valence-corrected chi connectivity index (χ3v) is 4.90. The van der Waals surface area contributed by atoms with E-state index in [0.29, 0.717) is 17.3 Å². The van der Waals surface area contributed by atoms with Crippen molar-refractivity contribution >= 4 is 41.1 Å². The van der Waals surface area contributed by atoms with Crippen LogP contribution in [0.1, 0.15) is 25.2 Å². The number of aromatic nitrogens is 1. The summed E-state index contributed by atoms with van der Waals surface area (Å²) >= 11 is 1.10. The van der Waals surface area contributed by atoms with Gasteiger partial charge in [0.05, 0.1) is 11.0 Å². The zero-order valence-electron chi connectivity index (χ0n) is 16.1. The largest absolute Gasteiger partial charge is 0.452 e. The molecule has 0 saturated heterocycles. The van der Waals surface area contributed by atoms with E-state index in [0.717, 1.165) is 17.3 Å². The fraction of sp³-hybridized carbons (Fsp3) is 0.368. The summed E-state index contributed by atoms with van der Waals surface area (Å²) in [7, 11) is 0. The van der Waals surface area contributed by atoms with Gasteiger partial charge in [0.25, 0.3) is 5.91 Å². The van der Waals surface area contributed by atoms with Crippen molar-refractivity contribution in [3.8, 4) is 0 Å². The molecule has 2 N–H and O–H groups in total. The van der Waals surface area contributed by atoms with Crippen LogP contribution in [0.2, 0.25) is 0 Å². The fourth-order valence-corrected chi connectivity index (χ4v) is 2.82. The number of hydrogen-bond donors (Lipinski definition) is 2. The van der Waals surface area contributed by atoms with Crippen molar-refractivity contribution < 1.29 is 23.6 Å². The highest BCUT2D eigenvalue weighted by Gasteiger charge is 2.21. The number of carbonyl (C=O) groups excluding carboxylic acids is 3. The van der Waals surface area contributed by atoms with Crippen LogP contribution in [0, 0.1) is 13.8 Å². The smallest absolute Gasteiger partial charge is 0.316 e. The van der Waals surface area contributed by atoms with Crippen LogP contribution in [0.15, 0.2) is 34.9 Å². The van der Waals surface area contributed by atoms with Gasteiger partial charge < -0.3 is 19.9 Å². The lowest BCUT2D eigenvalue weighted by Gasteiger charge is -2.15. The summed E-state index contributed by atoms with van der Waals surface area (Å²) in [4.78, 5) is 36.2. The normalized spacial score (nSPS) is 12.7. The summed E-state index contributed by atoms with van der Waals surface area (Å²) in [6.45, 7) is 6.75. The lowest BCUT2D eigenvalue weighted by Crippen LogP contribution is -2.31. The number of amides is 2. The maximum Gasteiger partial charge on any atom is 0.316 e. The van der Waals surface area contributed by atoms with Gasteiger partial charge in [0.1, 0.15) is 5.76 Å². The lowest BCUT2D eigenvalue weighted by atomic mass is 10.2. The summed E-state index contributed by atoms with van der Waals surface area (Å²) in [6, 6.07) is 8.91. The summed E-state index contributed by atoms with van der Waals surface area (Å²) in [5.74, 6) is -0.462. The van der Waals surface area contributed by atoms with Crippen LogP contribution in [0.5, 0.6) is 0 Å². The van der Waals surface area contributed by atoms with E-state index in [1.54, 1.807) is 26.0 Å². The number of nitrogens with one attached hydrogen (secondary N) is 2. The molecular formula is C19H23N3O5S. The topological polar surface area (TPSA) is 111 Å². The fourth-order valence-electron chi connectivity index (χ4n) is 2.15. The summed E-state index contributed by atoms with van der Waals surface area (Å²) in [5, 5.41) is 8.49. The number of para-hydroxylation sites is 1. The Bertz CT molecular complexity index is 852. The molecule has 0 aliphatic rings. The van der Waals surface area contributed by atoms with Crippen molar-refractivity contribution in [3.63, 3.8) is 0 Å². The monoisotopic (exact) mass is 405 g/mol. The molecule has 0 aliphatic carbocycles. The maximum atomic E-state index is 12.2. The number of nitrogens with zero attached hydrogens (tertiary/aromatic N) is 1. The Morgan fingerprint density at radius 2 is 1.86 bits per heavy atom. The van der Waals surface area contributed by atoms with Crippen molar-refractivity contribution in [1.29, 1.82) is 0 Å². The second kappa shape index (κ2) is 9.93. The molecule has 0 saturated carbocycles. The minimum atomic E-state index is -0.949. The molecule has 0 radical (unpaired) electrons. The summed E-state index contributed by atoms with van der Waals surface area (Å²) < 4.78 is 10.0. The molecule has 0 aliphatic heterocycles. The summed E-state index contributed by atoms with van der Waals surface area (Å²) in [5.41, 5.74) is 1.57. The lowest BCUT2D eigenvalue weighted by molar-refractivity contribution is -0.150. The van der Waals surface area contributed by atoms with Gasteiger partial charge in [-0.2, -0.15) is 0 Å². The van der Waals surface area contributed by atoms with Crippen LogP contribution in [-0.2, 0) is 19.1 Å². The molecule has 0 bridgehead atoms. The molecule has 0 fully saturated rings. The number of benzene rings is 1. The molecule has 28 heavy (non-hydrogen) atoms. The predicted octanol–water partition coefficient (Wildman–Crippen LogP) is 2.92. The molecule has 2 amide bonds. The SMILES string of the molecule is Cc1cc(NC(=O)[C@@H](C)SCC(=O)O[C@H](C)C(=O)Nc2ccccc2C)no1. The first-order valence-electron chi connectivity index (χ1n) is 8.68. The molecule has 9 heteroatoms. The molecule has 0 unspecified atom stereocenters. The van der Waals surface area contributed by atoms with Gasteiger partial charge in [0, 0.05) is 11.8 Å². The third-order valence-electron chi connectivity index (χ3n) is 3.78. The van der Waals surface area contributed by atoms with Crippen molar-refractivity contribution in [3.05, 3.63) is 41.7 Å². The second-order valence-electron chi connectivity index (χ2n) is 6.20. The molecule has 0 spiro atoms. The average Bonchev–Trinajstić information content (AvgIpc) is 3.06. The highest BCUT2D eigenvalue weighted by molar-refractivity contribution is 8.01. The minimum absolute atomic E-state index is 0.0611. The number of anilines is 2. The van der Waals surface area contributed by atoms with Gasteiger partial charge in [-0.05, 0) is 39.3 Å². The second-order valence-corrected chi connectivity index (χ2v) is 7.53. The number of thioether (sulfide) groups is 1. The van der Waals surface area contributed by atoms with Gasteiger partial charge in [-0.1, -0.05) is 23.4 Å². The van der Waals surface area contributed by atoms with E-state index >= 15 is 0 Å². The van der Waals surface area contributed by atoms with Crippen LogP contribution >= 0.6 is 11.8 Å². The first-order valence-corrected chi connectivity index (χ1v) is 9.73. The van der Waals surface area contributed by atoms with Gasteiger partial charge in [-0.15, -0.1) is 11.8 Å². The van der Waals surface area contributed by atoms with Crippen LogP contribution in [0.4, 0.5) is 11.5 Å². The third kappa shape index (κ3) is 6.41. The van der Waals surface area contributed by atoms with Gasteiger partial charge in [0.2, 0.25) is 5.91 Å². The molecule has 1 aromatic heterocycles. The Labute approximate surface area is 167 Å². The molecule has 2 aromatic rings. The average molecular weight is 405 g/mol. The van der Waals surface area contributed by atoms with Crippen molar-refractivity contribution in [1.82, 2.24) is 5.16 Å². The first kappa shape index (κ1) is 21.5. The molecule has 2 rings (SSSR count). The summed E-state index contributed by atoms with van der Waals surface area (Å²) in [6.07, 6.45) is -0.949. The number of rotatable bonds is 8. The Hall–Kier alpha value is -2.81. The molecule has 2 atom stereocenters. The van der Waals surface area contributed by atoms with Crippen molar-refractivity contribution in [2.45, 2.75) is 39.0 Å². The zero-order chi connectivity index (χ0) is 20.7. The Balaban J connectivity index is 1.75. The zero-order valence-corrected chi connectivity index (χ0v) is 17.0. The van der Waals surface area contributed by atoms with E-state index in [4.69, 9.17) is 9.26 Å².